The van der Waals surface area contributed by atoms with Gasteiger partial charge in [0, 0.05) is 24.1 Å². The van der Waals surface area contributed by atoms with Crippen molar-refractivity contribution in [1.82, 2.24) is 10.6 Å². The first-order chi connectivity index (χ1) is 16.4. The first-order valence-corrected chi connectivity index (χ1v) is 11.7. The molecular weight excluding hydrogens is 432 g/mol. The Hall–Kier alpha value is -3.61. The van der Waals surface area contributed by atoms with Crippen molar-refractivity contribution < 1.29 is 24.2 Å². The Balaban J connectivity index is 1.25. The lowest BCUT2D eigenvalue weighted by Gasteiger charge is -2.27. The van der Waals surface area contributed by atoms with Gasteiger partial charge in [0.1, 0.15) is 6.61 Å². The highest BCUT2D eigenvalue weighted by atomic mass is 16.5. The first-order valence-electron chi connectivity index (χ1n) is 11.7. The van der Waals surface area contributed by atoms with Gasteiger partial charge in [0.25, 0.3) is 0 Å². The standard InChI is InChI=1S/C27H30N2O5/c1-17(25(30)29-19-8-6-7-18(15-19)26(31)32)13-14-28-27(33)34-16-24-22-11-4-2-9-20(22)21-10-3-5-12-23(21)24/h2-5,9-13,18-19,24H,6-8,14-16H2,1H3,(H,28,33)(H,29,30)(H,31,32)/b17-13+/t18-,19-/m1/s1. The highest BCUT2D eigenvalue weighted by Gasteiger charge is 2.29. The van der Waals surface area contributed by atoms with Gasteiger partial charge in [-0.25, -0.2) is 4.79 Å². The molecule has 1 fully saturated rings. The van der Waals surface area contributed by atoms with Gasteiger partial charge in [0.15, 0.2) is 0 Å². The average Bonchev–Trinajstić information content (AvgIpc) is 3.16. The van der Waals surface area contributed by atoms with Crippen molar-refractivity contribution >= 4 is 18.0 Å². The van der Waals surface area contributed by atoms with Crippen LogP contribution in [0.25, 0.3) is 11.1 Å². The molecule has 0 spiro atoms. The summed E-state index contributed by atoms with van der Waals surface area (Å²) in [6.45, 7) is 2.07. The number of alkyl carbamates (subject to hydrolysis) is 1. The second kappa shape index (κ2) is 10.5. The molecule has 178 valence electrons. The zero-order valence-electron chi connectivity index (χ0n) is 19.3. The van der Waals surface area contributed by atoms with E-state index in [9.17, 15) is 19.5 Å². The van der Waals surface area contributed by atoms with Crippen molar-refractivity contribution in [3.63, 3.8) is 0 Å². The smallest absolute Gasteiger partial charge is 0.407 e. The minimum atomic E-state index is -0.807. The summed E-state index contributed by atoms with van der Waals surface area (Å²) >= 11 is 0. The fourth-order valence-corrected chi connectivity index (χ4v) is 4.87. The Kier molecular flexibility index (Phi) is 7.30. The third kappa shape index (κ3) is 5.30. The lowest BCUT2D eigenvalue weighted by Crippen LogP contribution is -2.40. The monoisotopic (exact) mass is 462 g/mol. The van der Waals surface area contributed by atoms with Crippen molar-refractivity contribution in [1.29, 1.82) is 0 Å². The van der Waals surface area contributed by atoms with Crippen LogP contribution >= 0.6 is 0 Å². The number of hydrogen-bond acceptors (Lipinski definition) is 4. The number of carbonyl (C=O) groups excluding carboxylic acids is 2. The van der Waals surface area contributed by atoms with Gasteiger partial charge in [-0.2, -0.15) is 0 Å². The number of rotatable bonds is 7. The summed E-state index contributed by atoms with van der Waals surface area (Å²) in [4.78, 5) is 35.9. The zero-order valence-corrected chi connectivity index (χ0v) is 19.3. The lowest BCUT2D eigenvalue weighted by atomic mass is 9.85. The zero-order chi connectivity index (χ0) is 24.1. The summed E-state index contributed by atoms with van der Waals surface area (Å²) in [6.07, 6.45) is 3.76. The Morgan fingerprint density at radius 2 is 1.68 bits per heavy atom. The maximum Gasteiger partial charge on any atom is 0.407 e. The number of carboxylic acid groups (broad SMARTS) is 1. The third-order valence-electron chi connectivity index (χ3n) is 6.72. The van der Waals surface area contributed by atoms with E-state index in [4.69, 9.17) is 4.74 Å². The number of aliphatic carboxylic acids is 1. The number of amides is 2. The van der Waals surface area contributed by atoms with Crippen LogP contribution in [0.4, 0.5) is 4.79 Å². The molecular formula is C27H30N2O5. The molecule has 0 heterocycles. The van der Waals surface area contributed by atoms with Gasteiger partial charge >= 0.3 is 12.1 Å². The number of carbonyl (C=O) groups is 3. The molecule has 2 atom stereocenters. The van der Waals surface area contributed by atoms with Crippen LogP contribution in [-0.4, -0.2) is 42.3 Å². The van der Waals surface area contributed by atoms with Crippen LogP contribution in [0.2, 0.25) is 0 Å². The molecule has 0 saturated heterocycles. The van der Waals surface area contributed by atoms with E-state index in [0.717, 1.165) is 24.0 Å². The Labute approximate surface area is 199 Å². The van der Waals surface area contributed by atoms with Crippen LogP contribution in [0, 0.1) is 5.92 Å². The van der Waals surface area contributed by atoms with E-state index in [1.807, 2.05) is 24.3 Å². The van der Waals surface area contributed by atoms with Gasteiger partial charge in [-0.05, 0) is 48.4 Å². The Morgan fingerprint density at radius 3 is 2.32 bits per heavy atom. The van der Waals surface area contributed by atoms with Crippen LogP contribution in [0.3, 0.4) is 0 Å². The predicted molar refractivity (Wildman–Crippen MR) is 128 cm³/mol. The largest absolute Gasteiger partial charge is 0.481 e. The number of nitrogens with one attached hydrogen (secondary N) is 2. The quantitative estimate of drug-likeness (QED) is 0.534. The van der Waals surface area contributed by atoms with Crippen molar-refractivity contribution in [2.45, 2.75) is 44.6 Å². The van der Waals surface area contributed by atoms with E-state index >= 15 is 0 Å². The first kappa shape index (κ1) is 23.5. The van der Waals surface area contributed by atoms with Gasteiger partial charge in [-0.3, -0.25) is 9.59 Å². The molecule has 2 aliphatic carbocycles. The highest BCUT2D eigenvalue weighted by Crippen LogP contribution is 2.44. The van der Waals surface area contributed by atoms with Crippen LogP contribution in [0.15, 0.2) is 60.2 Å². The number of benzene rings is 2. The van der Waals surface area contributed by atoms with Crippen LogP contribution in [-0.2, 0) is 14.3 Å². The van der Waals surface area contributed by atoms with Gasteiger partial charge < -0.3 is 20.5 Å². The van der Waals surface area contributed by atoms with E-state index in [-0.39, 0.29) is 31.0 Å². The number of carboxylic acids is 1. The summed E-state index contributed by atoms with van der Waals surface area (Å²) in [5.41, 5.74) is 5.11. The molecule has 0 aliphatic heterocycles. The van der Waals surface area contributed by atoms with Gasteiger partial charge in [-0.15, -0.1) is 0 Å². The van der Waals surface area contributed by atoms with Crippen LogP contribution in [0.5, 0.6) is 0 Å². The van der Waals surface area contributed by atoms with E-state index in [1.54, 1.807) is 13.0 Å². The molecule has 2 aromatic carbocycles. The third-order valence-corrected chi connectivity index (χ3v) is 6.72. The Morgan fingerprint density at radius 1 is 1.03 bits per heavy atom. The summed E-state index contributed by atoms with van der Waals surface area (Å²) in [5, 5.41) is 14.8. The molecule has 7 nitrogen and oxygen atoms in total. The van der Waals surface area contributed by atoms with Crippen molar-refractivity contribution in [3.05, 3.63) is 71.3 Å². The number of hydrogen-bond donors (Lipinski definition) is 3. The summed E-state index contributed by atoms with van der Waals surface area (Å²) in [7, 11) is 0. The van der Waals surface area contributed by atoms with Gasteiger partial charge in [0.2, 0.25) is 5.91 Å². The van der Waals surface area contributed by atoms with E-state index in [1.165, 1.54) is 11.1 Å². The van der Waals surface area contributed by atoms with Crippen molar-refractivity contribution in [2.75, 3.05) is 13.2 Å². The molecule has 2 aliphatic rings. The normalized spacial score (nSPS) is 19.6. The molecule has 2 aromatic rings. The maximum absolute atomic E-state index is 12.4. The molecule has 4 rings (SSSR count). The topological polar surface area (TPSA) is 105 Å². The lowest BCUT2D eigenvalue weighted by molar-refractivity contribution is -0.143. The molecule has 0 unspecified atom stereocenters. The van der Waals surface area contributed by atoms with E-state index in [0.29, 0.717) is 18.4 Å². The Bertz CT molecular complexity index is 1060. The van der Waals surface area contributed by atoms with Crippen molar-refractivity contribution in [2.24, 2.45) is 5.92 Å². The highest BCUT2D eigenvalue weighted by molar-refractivity contribution is 5.93. The van der Waals surface area contributed by atoms with Gasteiger partial charge in [-0.1, -0.05) is 61.0 Å². The number of ether oxygens (including phenoxy) is 1. The molecule has 0 bridgehead atoms. The fourth-order valence-electron chi connectivity index (χ4n) is 4.87. The molecule has 3 N–H and O–H groups in total. The summed E-state index contributed by atoms with van der Waals surface area (Å²) < 4.78 is 5.50. The minimum absolute atomic E-state index is 0.00803. The van der Waals surface area contributed by atoms with Crippen molar-refractivity contribution in [3.8, 4) is 11.1 Å². The minimum Gasteiger partial charge on any atom is -0.481 e. The van der Waals surface area contributed by atoms with Crippen LogP contribution < -0.4 is 10.6 Å². The molecule has 0 aromatic heterocycles. The number of fused-ring (bicyclic) bond motifs is 3. The fraction of sp³-hybridized carbons (Fsp3) is 0.370. The van der Waals surface area contributed by atoms with Crippen LogP contribution in [0.1, 0.15) is 49.7 Å². The molecule has 0 radical (unpaired) electrons. The second-order valence-corrected chi connectivity index (χ2v) is 8.97. The average molecular weight is 463 g/mol. The van der Waals surface area contributed by atoms with E-state index in [2.05, 4.69) is 34.9 Å². The second-order valence-electron chi connectivity index (χ2n) is 8.97. The van der Waals surface area contributed by atoms with E-state index < -0.39 is 18.0 Å². The molecule has 7 heteroatoms. The summed E-state index contributed by atoms with van der Waals surface area (Å²) in [6, 6.07) is 16.2. The maximum atomic E-state index is 12.4. The molecule has 1 saturated carbocycles. The summed E-state index contributed by atoms with van der Waals surface area (Å²) in [5.74, 6) is -1.46. The SMILES string of the molecule is C/C(=C\CNC(=O)OCC1c2ccccc2-c2ccccc21)C(=O)N[C@@H]1CCC[C@@H](C(=O)O)C1. The molecule has 34 heavy (non-hydrogen) atoms. The molecule has 2 amide bonds. The predicted octanol–water partition coefficient (Wildman–Crippen LogP) is 4.23. The van der Waals surface area contributed by atoms with Gasteiger partial charge in [0.05, 0.1) is 5.92 Å².